The van der Waals surface area contributed by atoms with E-state index < -0.39 is 24.3 Å². The Morgan fingerprint density at radius 2 is 1.02 bits per heavy atom. The molecule has 0 aliphatic rings. The summed E-state index contributed by atoms with van der Waals surface area (Å²) in [5.74, 6) is -1.24. The fourth-order valence-electron chi connectivity index (χ4n) is 6.72. The van der Waals surface area contributed by atoms with Crippen molar-refractivity contribution >= 4 is 24.0 Å². The average molecular weight is 873 g/mol. The highest BCUT2D eigenvalue weighted by Crippen LogP contribution is 2.16. The van der Waals surface area contributed by atoms with Crippen LogP contribution in [0.15, 0.2) is 49.1 Å². The van der Waals surface area contributed by atoms with Crippen molar-refractivity contribution in [2.75, 3.05) is 39.9 Å². The van der Waals surface area contributed by atoms with Gasteiger partial charge in [0.25, 0.3) is 0 Å². The molecular weight excluding hydrogens is 781 g/mol. The summed E-state index contributed by atoms with van der Waals surface area (Å²) in [6.45, 7) is 11.9. The molecule has 0 spiro atoms. The summed E-state index contributed by atoms with van der Waals surface area (Å²) in [6.07, 6.45) is 40.5. The van der Waals surface area contributed by atoms with Crippen LogP contribution in [0.4, 0.5) is 4.79 Å². The highest BCUT2D eigenvalue weighted by atomic mass is 16.6. The molecule has 62 heavy (non-hydrogen) atoms. The molecule has 10 heteroatoms. The third kappa shape index (κ3) is 41.9. The third-order valence-electron chi connectivity index (χ3n) is 10.8. The van der Waals surface area contributed by atoms with Crippen LogP contribution in [-0.4, -0.2) is 81.0 Å². The number of amides is 1. The lowest BCUT2D eigenvalue weighted by atomic mass is 10.0. The number of ether oxygens (including phenoxy) is 4. The molecule has 0 radical (unpaired) electrons. The van der Waals surface area contributed by atoms with E-state index in [0.717, 1.165) is 116 Å². The largest absolute Gasteiger partial charge is 0.462 e. The van der Waals surface area contributed by atoms with E-state index in [0.29, 0.717) is 25.9 Å². The normalized spacial score (nSPS) is 12.6. The van der Waals surface area contributed by atoms with E-state index in [1.165, 1.54) is 44.9 Å². The van der Waals surface area contributed by atoms with Gasteiger partial charge in [0.15, 0.2) is 6.10 Å². The molecule has 0 bridgehead atoms. The van der Waals surface area contributed by atoms with Crippen LogP contribution < -0.4 is 5.32 Å². The number of hydrogen-bond donors (Lipinski definition) is 1. The maximum absolute atomic E-state index is 13.2. The number of unbranched alkanes of at least 4 members (excludes halogenated alkanes) is 18. The minimum Gasteiger partial charge on any atom is -0.462 e. The van der Waals surface area contributed by atoms with Gasteiger partial charge in [-0.2, -0.15) is 0 Å². The van der Waals surface area contributed by atoms with Crippen molar-refractivity contribution in [3.05, 3.63) is 49.1 Å². The van der Waals surface area contributed by atoms with Crippen LogP contribution in [0, 0.1) is 0 Å². The molecule has 0 fully saturated rings. The molecule has 2 atom stereocenters. The molecule has 0 heterocycles. The number of alkyl carbamates (subject to hydrolysis) is 1. The van der Waals surface area contributed by atoms with Crippen LogP contribution in [0.3, 0.4) is 0 Å². The Kier molecular flexibility index (Phi) is 43.1. The van der Waals surface area contributed by atoms with Crippen molar-refractivity contribution < 1.29 is 38.1 Å². The smallest absolute Gasteiger partial charge is 0.407 e. The summed E-state index contributed by atoms with van der Waals surface area (Å²) in [5.41, 5.74) is 0. The third-order valence-corrected chi connectivity index (χ3v) is 10.8. The molecule has 0 aromatic heterocycles. The summed E-state index contributed by atoms with van der Waals surface area (Å²) in [5, 5.41) is 2.82. The maximum atomic E-state index is 13.2. The highest BCUT2D eigenvalue weighted by Gasteiger charge is 2.22. The summed E-state index contributed by atoms with van der Waals surface area (Å²) in [6, 6.07) is 0. The Bertz CT molecular complexity index is 1190. The summed E-state index contributed by atoms with van der Waals surface area (Å²) in [7, 11) is 1.99. The van der Waals surface area contributed by atoms with Gasteiger partial charge in [-0.1, -0.05) is 147 Å². The molecule has 0 aromatic rings. The van der Waals surface area contributed by atoms with Gasteiger partial charge in [-0.05, 0) is 97.1 Å². The number of rotatable bonds is 44. The summed E-state index contributed by atoms with van der Waals surface area (Å²) in [4.78, 5) is 53.3. The van der Waals surface area contributed by atoms with Crippen molar-refractivity contribution in [1.82, 2.24) is 10.2 Å². The zero-order valence-electron chi connectivity index (χ0n) is 40.2. The van der Waals surface area contributed by atoms with E-state index in [4.69, 9.17) is 18.9 Å². The first kappa shape index (κ1) is 58.6. The van der Waals surface area contributed by atoms with Gasteiger partial charge >= 0.3 is 24.0 Å². The molecule has 1 N–H and O–H groups in total. The van der Waals surface area contributed by atoms with Gasteiger partial charge in [-0.15, -0.1) is 6.58 Å². The van der Waals surface area contributed by atoms with E-state index in [2.05, 4.69) is 74.0 Å². The second-order valence-corrected chi connectivity index (χ2v) is 16.7. The molecule has 358 valence electrons. The van der Waals surface area contributed by atoms with Crippen molar-refractivity contribution in [1.29, 1.82) is 0 Å². The lowest BCUT2D eigenvalue weighted by Gasteiger charge is -2.21. The van der Waals surface area contributed by atoms with Crippen molar-refractivity contribution in [3.8, 4) is 0 Å². The summed E-state index contributed by atoms with van der Waals surface area (Å²) >= 11 is 0. The second-order valence-electron chi connectivity index (χ2n) is 16.7. The van der Waals surface area contributed by atoms with Crippen LogP contribution in [0.5, 0.6) is 0 Å². The average Bonchev–Trinajstić information content (AvgIpc) is 3.26. The van der Waals surface area contributed by atoms with E-state index in [1.807, 2.05) is 13.1 Å². The first-order valence-corrected chi connectivity index (χ1v) is 24.9. The number of nitrogens with zero attached hydrogens (tertiary/aromatic N) is 1. The topological polar surface area (TPSA) is 120 Å². The Morgan fingerprint density at radius 3 is 1.56 bits per heavy atom. The molecule has 0 rings (SSSR count). The Balaban J connectivity index is 5.00. The fraction of sp³-hybridized carbons (Fsp3) is 0.769. The Labute approximate surface area is 379 Å². The fourth-order valence-corrected chi connectivity index (χ4v) is 6.72. The first-order chi connectivity index (χ1) is 30.2. The molecule has 0 aliphatic heterocycles. The molecular formula is C52H92N2O8. The minimum atomic E-state index is -0.925. The predicted octanol–water partition coefficient (Wildman–Crippen LogP) is 13.2. The van der Waals surface area contributed by atoms with Gasteiger partial charge < -0.3 is 29.2 Å². The van der Waals surface area contributed by atoms with Crippen LogP contribution in [0.25, 0.3) is 0 Å². The number of carbonyl (C=O) groups excluding carboxylic acids is 4. The van der Waals surface area contributed by atoms with Crippen molar-refractivity contribution in [2.24, 2.45) is 0 Å². The van der Waals surface area contributed by atoms with Crippen LogP contribution in [0.1, 0.15) is 207 Å². The van der Waals surface area contributed by atoms with Crippen LogP contribution in [0.2, 0.25) is 0 Å². The minimum absolute atomic E-state index is 0.0146. The number of carbonyl (C=O) groups is 4. The van der Waals surface area contributed by atoms with E-state index in [9.17, 15) is 19.2 Å². The Hall–Kier alpha value is -3.40. The molecule has 0 aliphatic carbocycles. The monoisotopic (exact) mass is 873 g/mol. The van der Waals surface area contributed by atoms with Gasteiger partial charge in [0.1, 0.15) is 19.3 Å². The first-order valence-electron chi connectivity index (χ1n) is 24.9. The number of hydrogen-bond acceptors (Lipinski definition) is 9. The number of esters is 3. The van der Waals surface area contributed by atoms with Crippen molar-refractivity contribution in [3.63, 3.8) is 0 Å². The zero-order valence-corrected chi connectivity index (χ0v) is 40.2. The Morgan fingerprint density at radius 1 is 0.532 bits per heavy atom. The molecule has 1 amide bonds. The molecule has 0 saturated heterocycles. The second kappa shape index (κ2) is 45.6. The zero-order chi connectivity index (χ0) is 45.6. The van der Waals surface area contributed by atoms with E-state index in [1.54, 1.807) is 0 Å². The van der Waals surface area contributed by atoms with Crippen LogP contribution in [-0.2, 0) is 33.3 Å². The van der Waals surface area contributed by atoms with Gasteiger partial charge in [-0.25, -0.2) is 4.79 Å². The SMILES string of the molecule is C=CC/C=C\CCCCCCCC(=O)OCC(COC(=O)CCCCCCC/C=C\C/C=C\CCCCC)OC(=O)CCC(CCCCCCCC)OC(=O)NCCN(C)CC. The molecule has 10 nitrogen and oxygen atoms in total. The maximum Gasteiger partial charge on any atom is 0.407 e. The lowest BCUT2D eigenvalue weighted by Crippen LogP contribution is -2.35. The molecule has 0 saturated carbocycles. The molecule has 0 aromatic carbocycles. The highest BCUT2D eigenvalue weighted by molar-refractivity contribution is 5.71. The van der Waals surface area contributed by atoms with E-state index in [-0.39, 0.29) is 44.4 Å². The number of allylic oxidation sites excluding steroid dienone is 7. The van der Waals surface area contributed by atoms with Gasteiger partial charge in [0, 0.05) is 32.4 Å². The number of nitrogens with one attached hydrogen (secondary N) is 1. The van der Waals surface area contributed by atoms with Gasteiger partial charge in [-0.3, -0.25) is 14.4 Å². The van der Waals surface area contributed by atoms with Gasteiger partial charge in [0.2, 0.25) is 0 Å². The van der Waals surface area contributed by atoms with Crippen molar-refractivity contribution in [2.45, 2.75) is 219 Å². The van der Waals surface area contributed by atoms with Crippen LogP contribution >= 0.6 is 0 Å². The lowest BCUT2D eigenvalue weighted by molar-refractivity contribution is -0.167. The molecule has 2 unspecified atom stereocenters. The standard InChI is InChI=1S/C52H92N2O8/c1-6-10-13-16-19-21-23-24-25-26-27-29-31-34-37-40-50(56)60-46-48(45-59-49(55)39-36-33-30-28-22-20-17-14-11-7-2)61-51(57)42-41-47(38-35-32-18-15-12-8-3)62-52(58)53-43-44-54(5)9-4/h7,14,17,19,21,24-25,47-48H,2,6,8-13,15-16,18,20,22-23,26-46H2,1,3-5H3,(H,53,58)/b17-14-,21-19-,25-24-. The summed E-state index contributed by atoms with van der Waals surface area (Å²) < 4.78 is 22.6. The quantitative estimate of drug-likeness (QED) is 0.0276. The van der Waals surface area contributed by atoms with E-state index >= 15 is 0 Å². The number of likely N-dealkylation sites (N-methyl/N-ethyl adjacent to an activating group) is 1. The van der Waals surface area contributed by atoms with Gasteiger partial charge in [0.05, 0.1) is 0 Å². The predicted molar refractivity (Wildman–Crippen MR) is 256 cm³/mol.